The average molecular weight is 731 g/mol. The van der Waals surface area contributed by atoms with Crippen LogP contribution in [-0.2, 0) is 0 Å². The molecule has 0 unspecified atom stereocenters. The Bertz CT molecular complexity index is 3490. The highest BCUT2D eigenvalue weighted by atomic mass is 16.3. The van der Waals surface area contributed by atoms with E-state index in [4.69, 9.17) is 23.8 Å². The summed E-state index contributed by atoms with van der Waals surface area (Å²) in [7, 11) is 0. The number of para-hydroxylation sites is 5. The molecule has 0 bridgehead atoms. The van der Waals surface area contributed by atoms with E-state index in [1.807, 2.05) is 42.5 Å². The summed E-state index contributed by atoms with van der Waals surface area (Å²) in [6, 6.07) is 62.6. The van der Waals surface area contributed by atoms with Gasteiger partial charge in [-0.3, -0.25) is 0 Å². The first-order valence-corrected chi connectivity index (χ1v) is 19.0. The fourth-order valence-corrected chi connectivity index (χ4v) is 8.44. The number of fused-ring (bicyclic) bond motifs is 9. The summed E-state index contributed by atoms with van der Waals surface area (Å²) in [5, 5.41) is 6.60. The van der Waals surface area contributed by atoms with Crippen LogP contribution in [0.5, 0.6) is 0 Å². The maximum atomic E-state index is 6.67. The van der Waals surface area contributed by atoms with E-state index in [1.165, 1.54) is 10.8 Å². The third-order valence-electron chi connectivity index (χ3n) is 11.1. The summed E-state index contributed by atoms with van der Waals surface area (Å²) in [5.41, 5.74) is 11.2. The SMILES string of the molecule is c1ccc(-c2cccc3c2oc2cc(-c4nc(-c5ccc6c(c5)oc5ccccc56)nc(-c5ccccc5-n5c6ccccc6c6ccccc65)n4)ccc23)cc1. The van der Waals surface area contributed by atoms with Crippen molar-refractivity contribution in [2.45, 2.75) is 0 Å². The zero-order chi connectivity index (χ0) is 37.5. The van der Waals surface area contributed by atoms with Gasteiger partial charge in [0.25, 0.3) is 0 Å². The Labute approximate surface area is 325 Å². The van der Waals surface area contributed by atoms with Crippen LogP contribution in [0.4, 0.5) is 0 Å². The van der Waals surface area contributed by atoms with Crippen molar-refractivity contribution in [3.8, 4) is 51.0 Å². The van der Waals surface area contributed by atoms with Crippen LogP contribution in [0.25, 0.3) is 117 Å². The first-order valence-electron chi connectivity index (χ1n) is 19.0. The normalized spacial score (nSPS) is 11.9. The maximum absolute atomic E-state index is 6.67. The van der Waals surface area contributed by atoms with Gasteiger partial charge in [-0.1, -0.05) is 127 Å². The second-order valence-corrected chi connectivity index (χ2v) is 14.4. The Morgan fingerprint density at radius 1 is 0.333 bits per heavy atom. The van der Waals surface area contributed by atoms with E-state index in [0.29, 0.717) is 17.5 Å². The summed E-state index contributed by atoms with van der Waals surface area (Å²) in [4.78, 5) is 15.7. The molecule has 0 radical (unpaired) electrons. The predicted molar refractivity (Wildman–Crippen MR) is 230 cm³/mol. The zero-order valence-corrected chi connectivity index (χ0v) is 30.4. The van der Waals surface area contributed by atoms with Crippen LogP contribution >= 0.6 is 0 Å². The van der Waals surface area contributed by atoms with E-state index in [9.17, 15) is 0 Å². The molecule has 12 rings (SSSR count). The number of aromatic nitrogens is 4. The van der Waals surface area contributed by atoms with Crippen molar-refractivity contribution >= 4 is 65.7 Å². The monoisotopic (exact) mass is 730 g/mol. The second-order valence-electron chi connectivity index (χ2n) is 14.4. The molecule has 8 aromatic carbocycles. The Morgan fingerprint density at radius 3 is 1.60 bits per heavy atom. The highest BCUT2D eigenvalue weighted by Crippen LogP contribution is 2.40. The fourth-order valence-electron chi connectivity index (χ4n) is 8.44. The van der Waals surface area contributed by atoms with Gasteiger partial charge in [-0.2, -0.15) is 0 Å². The van der Waals surface area contributed by atoms with Gasteiger partial charge in [0.2, 0.25) is 0 Å². The molecule has 0 spiro atoms. The Balaban J connectivity index is 1.08. The number of nitrogens with zero attached hydrogens (tertiary/aromatic N) is 4. The van der Waals surface area contributed by atoms with Gasteiger partial charge in [-0.05, 0) is 60.2 Å². The smallest absolute Gasteiger partial charge is 0.166 e. The topological polar surface area (TPSA) is 69.9 Å². The molecule has 4 aromatic heterocycles. The van der Waals surface area contributed by atoms with Crippen molar-refractivity contribution in [2.75, 3.05) is 0 Å². The van der Waals surface area contributed by atoms with Gasteiger partial charge in [0.15, 0.2) is 17.5 Å². The van der Waals surface area contributed by atoms with E-state index < -0.39 is 0 Å². The van der Waals surface area contributed by atoms with Crippen LogP contribution in [-0.4, -0.2) is 19.5 Å². The van der Waals surface area contributed by atoms with Gasteiger partial charge in [0.05, 0.1) is 16.7 Å². The first kappa shape index (κ1) is 31.5. The van der Waals surface area contributed by atoms with Gasteiger partial charge in [-0.15, -0.1) is 0 Å². The van der Waals surface area contributed by atoms with Gasteiger partial charge >= 0.3 is 0 Å². The highest BCUT2D eigenvalue weighted by Gasteiger charge is 2.21. The summed E-state index contributed by atoms with van der Waals surface area (Å²) in [6.07, 6.45) is 0. The molecule has 57 heavy (non-hydrogen) atoms. The van der Waals surface area contributed by atoms with Crippen molar-refractivity contribution in [1.29, 1.82) is 0 Å². The fraction of sp³-hybridized carbons (Fsp3) is 0. The van der Waals surface area contributed by atoms with E-state index in [1.54, 1.807) is 0 Å². The molecule has 0 aliphatic carbocycles. The largest absolute Gasteiger partial charge is 0.456 e. The highest BCUT2D eigenvalue weighted by molar-refractivity contribution is 6.11. The molecule has 6 heteroatoms. The third kappa shape index (κ3) is 4.94. The zero-order valence-electron chi connectivity index (χ0n) is 30.4. The number of rotatable bonds is 5. The molecule has 0 N–H and O–H groups in total. The molecule has 0 aliphatic heterocycles. The minimum absolute atomic E-state index is 0.544. The first-order chi connectivity index (χ1) is 28.2. The maximum Gasteiger partial charge on any atom is 0.166 e. The second kappa shape index (κ2) is 12.3. The lowest BCUT2D eigenvalue weighted by Gasteiger charge is -2.14. The lowest BCUT2D eigenvalue weighted by Crippen LogP contribution is -2.03. The van der Waals surface area contributed by atoms with Crippen LogP contribution in [0.15, 0.2) is 191 Å². The lowest BCUT2D eigenvalue weighted by molar-refractivity contribution is 0.669. The summed E-state index contributed by atoms with van der Waals surface area (Å²) >= 11 is 0. The molecule has 0 fully saturated rings. The lowest BCUT2D eigenvalue weighted by atomic mass is 10.0. The molecule has 12 aromatic rings. The summed E-state index contributed by atoms with van der Waals surface area (Å²) < 4.78 is 15.3. The number of hydrogen-bond donors (Lipinski definition) is 0. The minimum atomic E-state index is 0.544. The molecule has 0 atom stereocenters. The summed E-state index contributed by atoms with van der Waals surface area (Å²) in [6.45, 7) is 0. The Morgan fingerprint density at radius 2 is 0.860 bits per heavy atom. The minimum Gasteiger partial charge on any atom is -0.456 e. The number of hydrogen-bond acceptors (Lipinski definition) is 5. The average Bonchev–Trinajstić information content (AvgIpc) is 3.95. The summed E-state index contributed by atoms with van der Waals surface area (Å²) in [5.74, 6) is 1.65. The van der Waals surface area contributed by atoms with Gasteiger partial charge in [0, 0.05) is 54.6 Å². The van der Waals surface area contributed by atoms with Crippen LogP contribution < -0.4 is 0 Å². The van der Waals surface area contributed by atoms with Gasteiger partial charge in [0.1, 0.15) is 22.3 Å². The van der Waals surface area contributed by atoms with E-state index in [-0.39, 0.29) is 0 Å². The van der Waals surface area contributed by atoms with Crippen molar-refractivity contribution in [1.82, 2.24) is 19.5 Å². The Hall–Kier alpha value is -7.83. The predicted octanol–water partition coefficient (Wildman–Crippen LogP) is 13.4. The van der Waals surface area contributed by atoms with E-state index in [2.05, 4.69) is 144 Å². The van der Waals surface area contributed by atoms with Crippen molar-refractivity contribution in [3.63, 3.8) is 0 Å². The van der Waals surface area contributed by atoms with Crippen molar-refractivity contribution in [2.24, 2.45) is 0 Å². The molecule has 0 aliphatic rings. The van der Waals surface area contributed by atoms with Gasteiger partial charge < -0.3 is 13.4 Å². The van der Waals surface area contributed by atoms with Crippen LogP contribution in [0.3, 0.4) is 0 Å². The quantitative estimate of drug-likeness (QED) is 0.176. The van der Waals surface area contributed by atoms with Crippen molar-refractivity contribution < 1.29 is 8.83 Å². The van der Waals surface area contributed by atoms with Gasteiger partial charge in [-0.25, -0.2) is 15.0 Å². The van der Waals surface area contributed by atoms with E-state index in [0.717, 1.165) is 88.4 Å². The molecule has 0 saturated carbocycles. The molecule has 0 saturated heterocycles. The molecule has 6 nitrogen and oxygen atoms in total. The number of benzene rings is 8. The standard InChI is InChI=1S/C51H30N4O2/c1-2-13-31(14-3-1)34-19-12-20-40-39-28-26-33(30-47(39)57-48(34)40)50-52-49(32-25-27-38-37-17-7-11-24-45(37)56-46(38)29-32)53-51(54-50)41-18-6-10-23-44(41)55-42-21-8-4-15-35(42)36-16-5-9-22-43(36)55/h1-30H. The van der Waals surface area contributed by atoms with E-state index >= 15 is 0 Å². The van der Waals surface area contributed by atoms with Crippen LogP contribution in [0.1, 0.15) is 0 Å². The Kier molecular flexibility index (Phi) is 6.83. The molecular weight excluding hydrogens is 701 g/mol. The van der Waals surface area contributed by atoms with Crippen LogP contribution in [0.2, 0.25) is 0 Å². The third-order valence-corrected chi connectivity index (χ3v) is 11.1. The molecule has 4 heterocycles. The number of furan rings is 2. The molecular formula is C51H30N4O2. The molecule has 266 valence electrons. The van der Waals surface area contributed by atoms with Crippen LogP contribution in [0, 0.1) is 0 Å². The van der Waals surface area contributed by atoms with Crippen molar-refractivity contribution in [3.05, 3.63) is 182 Å². The molecule has 0 amide bonds.